The van der Waals surface area contributed by atoms with Crippen LogP contribution in [0.5, 0.6) is 0 Å². The fraction of sp³-hybridized carbons (Fsp3) is 0.937. The van der Waals surface area contributed by atoms with Crippen molar-refractivity contribution in [2.24, 2.45) is 0 Å². The summed E-state index contributed by atoms with van der Waals surface area (Å²) >= 11 is 0. The first kappa shape index (κ1) is 93.7. The van der Waals surface area contributed by atoms with E-state index >= 15 is 0 Å². The molecule has 8 fully saturated rings. The summed E-state index contributed by atoms with van der Waals surface area (Å²) in [6, 6.07) is -5.85. The van der Waals surface area contributed by atoms with Crippen LogP contribution in [0.15, 0.2) is 0 Å². The lowest BCUT2D eigenvalue weighted by Gasteiger charge is -2.51. The number of amides is 3. The minimum absolute atomic E-state index is 0.857. The van der Waals surface area contributed by atoms with Gasteiger partial charge in [0.25, 0.3) is 5.79 Å². The van der Waals surface area contributed by atoms with E-state index in [2.05, 4.69) is 16.0 Å². The fourth-order valence-electron chi connectivity index (χ4n) is 14.1. The summed E-state index contributed by atoms with van der Waals surface area (Å²) in [5.41, 5.74) is 0. The molecule has 8 aliphatic heterocycles. The van der Waals surface area contributed by atoms with Gasteiger partial charge in [0, 0.05) is 27.2 Å². The third-order valence-electron chi connectivity index (χ3n) is 20.5. The number of aliphatic carboxylic acids is 1. The van der Waals surface area contributed by atoms with E-state index in [0.29, 0.717) is 0 Å². The van der Waals surface area contributed by atoms with Crippen molar-refractivity contribution in [3.8, 4) is 0 Å². The lowest BCUT2D eigenvalue weighted by atomic mass is 9.88. The zero-order valence-corrected chi connectivity index (χ0v) is 60.9. The average Bonchev–Trinajstić information content (AvgIpc) is 0.769. The highest BCUT2D eigenvalue weighted by molar-refractivity contribution is 5.77. The molecule has 8 aliphatic rings. The predicted molar refractivity (Wildman–Crippen MR) is 347 cm³/mol. The Bertz CT molecular complexity index is 2970. The van der Waals surface area contributed by atoms with E-state index < -0.39 is 352 Å². The number of carboxylic acid groups (broad SMARTS) is 1. The van der Waals surface area contributed by atoms with E-state index in [1.807, 2.05) is 0 Å². The number of aliphatic hydroxyl groups is 25. The van der Waals surface area contributed by atoms with Gasteiger partial charge in [-0.25, -0.2) is 4.79 Å². The van der Waals surface area contributed by atoms with Crippen LogP contribution in [-0.4, -0.2) is 478 Å². The van der Waals surface area contributed by atoms with Gasteiger partial charge in [0.2, 0.25) is 17.7 Å². The Hall–Kier alpha value is -3.76. The monoisotopic (exact) mass is 1640 g/mol. The number of carboxylic acids is 1. The van der Waals surface area contributed by atoms with Crippen LogP contribution in [0.1, 0.15) is 48.0 Å². The topological polar surface area (TPSA) is 778 Å². The molecule has 49 nitrogen and oxygen atoms in total. The van der Waals surface area contributed by atoms with E-state index in [1.165, 1.54) is 13.8 Å². The number of aliphatic hydroxyl groups excluding tert-OH is 25. The zero-order valence-electron chi connectivity index (χ0n) is 60.9. The van der Waals surface area contributed by atoms with Gasteiger partial charge in [-0.2, -0.15) is 0 Å². The molecule has 8 rings (SSSR count). The molecule has 0 saturated carbocycles. The van der Waals surface area contributed by atoms with Crippen molar-refractivity contribution in [3.05, 3.63) is 0 Å². The molecular formula is C63H107N3O46. The molecule has 8 saturated heterocycles. The Morgan fingerprint density at radius 3 is 1.33 bits per heavy atom. The molecule has 0 bridgehead atoms. The maximum atomic E-state index is 13.5. The van der Waals surface area contributed by atoms with Crippen LogP contribution in [0, 0.1) is 0 Å². The van der Waals surface area contributed by atoms with E-state index in [0.717, 1.165) is 27.7 Å². The highest BCUT2D eigenvalue weighted by atomic mass is 16.8. The summed E-state index contributed by atoms with van der Waals surface area (Å²) < 4.78 is 96.3. The highest BCUT2D eigenvalue weighted by Crippen LogP contribution is 2.41. The second-order valence-electron chi connectivity index (χ2n) is 28.6. The molecule has 0 aromatic carbocycles. The van der Waals surface area contributed by atoms with Crippen molar-refractivity contribution in [2.45, 2.75) is 323 Å². The number of carbonyl (C=O) groups excluding carboxylic acids is 3. The van der Waals surface area contributed by atoms with Crippen LogP contribution in [0.25, 0.3) is 0 Å². The number of nitrogens with one attached hydrogen (secondary N) is 3. The third-order valence-corrected chi connectivity index (χ3v) is 20.5. The standard InChI is InChI=1S/C63H107N3O46/c1-15-31(78)39(86)44(91)56(99-15)108-51-30(66-20(6)74)55(104-27(12-71)49(51)107-59-47(94)42(89)36(83)25(10-69)102-59)97-14-28-38(85)52(109-60-53(43(90)37(84)26(11-70)103-60)110-57-45(92)40(87)32(79)16(2)100-57)54(111-58-46(93)41(88)33(80)17(3)101-58)61(105-28)106-48(21(8-67)64-18(4)72)35(82)24(77)13-98-63(62(95)96)7-22(75)29(65-19(5)73)50(112-63)34(81)23(76)9-68/h15-17,21-61,67-71,75-94H,7-14H2,1-6H3,(H,64,72)(H,65,73)(H,66,74)(H,95,96)/t15-,16-,17-,21+,22+,23-,24-,25-,26-,27-,28-,29-,30-,31+,32+,33+,34-,35+,36+,37+,38+,39+,40+,41+,42+,43+,44-,45-,46-,47-,48-,49-,50-,51-,52+,53-,54-,55-,56-,57-,58-,59+,60+,61+,63-/m1/s1. The maximum absolute atomic E-state index is 13.5. The molecule has 0 unspecified atom stereocenters. The Labute approximate surface area is 635 Å². The van der Waals surface area contributed by atoms with Gasteiger partial charge in [0.1, 0.15) is 189 Å². The first-order valence-electron chi connectivity index (χ1n) is 35.8. The first-order valence-corrected chi connectivity index (χ1v) is 35.8. The van der Waals surface area contributed by atoms with Gasteiger partial charge >= 0.3 is 5.97 Å². The van der Waals surface area contributed by atoms with Gasteiger partial charge < -0.3 is 225 Å². The fourth-order valence-corrected chi connectivity index (χ4v) is 14.1. The van der Waals surface area contributed by atoms with Gasteiger partial charge in [-0.3, -0.25) is 14.4 Å². The van der Waals surface area contributed by atoms with E-state index in [1.54, 1.807) is 0 Å². The molecular weight excluding hydrogens is 1530 g/mol. The molecule has 0 radical (unpaired) electrons. The van der Waals surface area contributed by atoms with Crippen molar-refractivity contribution in [2.75, 3.05) is 46.2 Å². The molecule has 0 spiro atoms. The summed E-state index contributed by atoms with van der Waals surface area (Å²) in [6.45, 7) is -2.51. The molecule has 0 aliphatic carbocycles. The molecule has 49 heteroatoms. The van der Waals surface area contributed by atoms with Crippen molar-refractivity contribution in [1.29, 1.82) is 0 Å². The average molecular weight is 1640 g/mol. The summed E-state index contributed by atoms with van der Waals surface area (Å²) in [7, 11) is 0. The molecule has 650 valence electrons. The van der Waals surface area contributed by atoms with Crippen LogP contribution in [0.3, 0.4) is 0 Å². The largest absolute Gasteiger partial charge is 0.477 e. The van der Waals surface area contributed by atoms with Gasteiger partial charge in [-0.1, -0.05) is 0 Å². The maximum Gasteiger partial charge on any atom is 0.364 e. The van der Waals surface area contributed by atoms with Crippen LogP contribution >= 0.6 is 0 Å². The molecule has 0 aromatic heterocycles. The Balaban J connectivity index is 1.26. The smallest absolute Gasteiger partial charge is 0.364 e. The van der Waals surface area contributed by atoms with Gasteiger partial charge in [0.05, 0.1) is 82.7 Å². The predicted octanol–water partition coefficient (Wildman–Crippen LogP) is -18.3. The van der Waals surface area contributed by atoms with Gasteiger partial charge in [0.15, 0.2) is 44.0 Å². The molecule has 112 heavy (non-hydrogen) atoms. The Kier molecular flexibility index (Phi) is 33.8. The molecule has 29 N–H and O–H groups in total. The number of carbonyl (C=O) groups is 4. The number of hydrogen-bond acceptors (Lipinski definition) is 45. The van der Waals surface area contributed by atoms with Crippen LogP contribution < -0.4 is 16.0 Å². The minimum Gasteiger partial charge on any atom is -0.477 e. The lowest BCUT2D eigenvalue weighted by molar-refractivity contribution is -0.409. The van der Waals surface area contributed by atoms with Crippen molar-refractivity contribution in [1.82, 2.24) is 16.0 Å². The van der Waals surface area contributed by atoms with E-state index in [-0.39, 0.29) is 0 Å². The number of ether oxygens (including phenoxy) is 16. The Morgan fingerprint density at radius 2 is 0.857 bits per heavy atom. The summed E-state index contributed by atoms with van der Waals surface area (Å²) in [5.74, 6) is -8.36. The molecule has 3 amide bonds. The van der Waals surface area contributed by atoms with Crippen molar-refractivity contribution < 1.29 is 228 Å². The van der Waals surface area contributed by atoms with Crippen LogP contribution in [0.2, 0.25) is 0 Å². The van der Waals surface area contributed by atoms with Crippen molar-refractivity contribution >= 4 is 23.7 Å². The van der Waals surface area contributed by atoms with Crippen LogP contribution in [0.4, 0.5) is 0 Å². The van der Waals surface area contributed by atoms with E-state index in [4.69, 9.17) is 75.8 Å². The van der Waals surface area contributed by atoms with Gasteiger partial charge in [-0.15, -0.1) is 0 Å². The molecule has 8 heterocycles. The quantitative estimate of drug-likeness (QED) is 0.0297. The van der Waals surface area contributed by atoms with Crippen molar-refractivity contribution in [3.63, 3.8) is 0 Å². The normalized spacial score (nSPS) is 46.6. The third kappa shape index (κ3) is 20.9. The summed E-state index contributed by atoms with van der Waals surface area (Å²) in [6.07, 6.45) is -89.7. The number of hydrogen-bond donors (Lipinski definition) is 29. The first-order chi connectivity index (χ1) is 52.6. The summed E-state index contributed by atoms with van der Waals surface area (Å²) in [4.78, 5) is 52.2. The molecule has 45 atom stereocenters. The second-order valence-corrected chi connectivity index (χ2v) is 28.6. The second kappa shape index (κ2) is 40.3. The Morgan fingerprint density at radius 1 is 0.429 bits per heavy atom. The number of rotatable bonds is 32. The SMILES string of the molecule is CC(=O)N[C@H]1[C@H](OC[C@H]2O[C@@H](O[C@@H]([C@@H](O)[C@H](O)CO[C@]3(C(=O)O)C[C@H](O)[C@@H](NC(C)=O)[C@H]([C@H](O)[C@H](O)CO)O3)[C@H](CO)NC(C)=O)[C@H](O[C@H]3O[C@H](C)[C@H](O)[C@H](O)[C@H]3O)[C@@H](O[C@@H]3O[C@H](CO)[C@H](O)[C@H](O)[C@H]3O[C@H]3O[C@H](C)[C@H](O)[C@H](O)[C@H]3O)[C@H]2O)O[C@H](CO)[C@@H](O[C@@H]2O[C@H](CO)[C@H](O)[C@H](O)[C@H]2O)[C@@H]1O[C@H]1O[C@H](C)[C@H](O)[C@H](O)[C@H]1O. The van der Waals surface area contributed by atoms with E-state index in [9.17, 15) is 152 Å². The minimum atomic E-state index is -3.25. The lowest BCUT2D eigenvalue weighted by Crippen LogP contribution is -2.70. The summed E-state index contributed by atoms with van der Waals surface area (Å²) in [5, 5.41) is 296. The van der Waals surface area contributed by atoms with Gasteiger partial charge in [-0.05, 0) is 20.8 Å². The highest BCUT2D eigenvalue weighted by Gasteiger charge is 2.62. The zero-order chi connectivity index (χ0) is 83.3. The van der Waals surface area contributed by atoms with Crippen LogP contribution in [-0.2, 0) is 95.0 Å². The molecule has 0 aromatic rings.